The molecule has 29 heavy (non-hydrogen) atoms. The lowest BCUT2D eigenvalue weighted by Gasteiger charge is -2.35. The highest BCUT2D eigenvalue weighted by Gasteiger charge is 2.19. The van der Waals surface area contributed by atoms with Crippen LogP contribution in [-0.2, 0) is 8.92 Å². The van der Waals surface area contributed by atoms with Crippen molar-refractivity contribution in [1.82, 2.24) is 0 Å². The third-order valence-corrected chi connectivity index (χ3v) is 7.31. The van der Waals surface area contributed by atoms with Crippen LogP contribution in [0.3, 0.4) is 0 Å². The fraction of sp³-hybridized carbons (Fsp3) is 1.00. The van der Waals surface area contributed by atoms with Crippen molar-refractivity contribution < 1.29 is 8.92 Å². The number of hydrogen-bond donors (Lipinski definition) is 0. The molecule has 0 aliphatic carbocycles. The van der Waals surface area contributed by atoms with Gasteiger partial charge in [0.25, 0.3) is 0 Å². The number of hydrogen-bond acceptors (Lipinski definition) is 2. The standard InChI is InChI=1S/C24H51BO2S.CH4/c1-5-7-9-11-14-18-22-26-24(20-16-12-10-8-6-2)27-28(3,4)23-19-15-13-17-21-25;/h24H,5-23H2,1-4H3;1H4. The van der Waals surface area contributed by atoms with Crippen LogP contribution in [-0.4, -0.2) is 39.0 Å². The van der Waals surface area contributed by atoms with Gasteiger partial charge in [0.1, 0.15) is 0 Å². The topological polar surface area (TPSA) is 18.5 Å². The molecule has 0 aromatic heterocycles. The van der Waals surface area contributed by atoms with Crippen molar-refractivity contribution in [3.8, 4) is 0 Å². The highest BCUT2D eigenvalue weighted by molar-refractivity contribution is 8.28. The Kier molecular flexibility index (Phi) is 25.0. The van der Waals surface area contributed by atoms with Crippen molar-refractivity contribution in [2.45, 2.75) is 137 Å². The van der Waals surface area contributed by atoms with E-state index < -0.39 is 10.3 Å². The van der Waals surface area contributed by atoms with Gasteiger partial charge in [0.15, 0.2) is 6.29 Å². The molecule has 0 aromatic carbocycles. The van der Waals surface area contributed by atoms with Crippen LogP contribution in [0.5, 0.6) is 0 Å². The van der Waals surface area contributed by atoms with E-state index in [4.69, 9.17) is 16.8 Å². The minimum absolute atomic E-state index is 0. The van der Waals surface area contributed by atoms with Gasteiger partial charge < -0.3 is 8.92 Å². The fourth-order valence-corrected chi connectivity index (χ4v) is 5.19. The van der Waals surface area contributed by atoms with E-state index in [1.807, 2.05) is 0 Å². The molecule has 0 aliphatic rings. The van der Waals surface area contributed by atoms with Gasteiger partial charge in [-0.2, -0.15) is 0 Å². The average molecular weight is 431 g/mol. The van der Waals surface area contributed by atoms with Gasteiger partial charge >= 0.3 is 0 Å². The molecular weight excluding hydrogens is 375 g/mol. The first kappa shape index (κ1) is 31.5. The summed E-state index contributed by atoms with van der Waals surface area (Å²) in [6, 6.07) is 0. The summed E-state index contributed by atoms with van der Waals surface area (Å²) in [5, 5.41) is 0. The molecule has 0 heterocycles. The van der Waals surface area contributed by atoms with E-state index in [1.165, 1.54) is 95.6 Å². The Balaban J connectivity index is 0. The van der Waals surface area contributed by atoms with Crippen molar-refractivity contribution in [2.24, 2.45) is 0 Å². The molecule has 0 amide bonds. The van der Waals surface area contributed by atoms with E-state index in [2.05, 4.69) is 26.4 Å². The lowest BCUT2D eigenvalue weighted by molar-refractivity contribution is -0.0790. The molecule has 0 aliphatic heterocycles. The number of unbranched alkanes of at least 4 members (excludes halogenated alkanes) is 12. The average Bonchev–Trinajstić information content (AvgIpc) is 2.66. The fourth-order valence-electron chi connectivity index (χ4n) is 3.46. The maximum absolute atomic E-state index is 6.53. The highest BCUT2D eigenvalue weighted by Crippen LogP contribution is 2.44. The SMILES string of the molecule is C.[B]CCCCCCS(C)(C)OC(CCCCCCC)OCCCCCCCC. The van der Waals surface area contributed by atoms with Crippen LogP contribution in [0, 0.1) is 0 Å². The van der Waals surface area contributed by atoms with Gasteiger partial charge in [-0.15, -0.1) is 10.3 Å². The van der Waals surface area contributed by atoms with Crippen LogP contribution in [0.2, 0.25) is 6.32 Å². The van der Waals surface area contributed by atoms with Gasteiger partial charge in [0.2, 0.25) is 0 Å². The third kappa shape index (κ3) is 22.8. The van der Waals surface area contributed by atoms with Crippen molar-refractivity contribution >= 4 is 18.2 Å². The van der Waals surface area contributed by atoms with Crippen LogP contribution >= 0.6 is 10.3 Å². The zero-order valence-electron chi connectivity index (χ0n) is 19.8. The van der Waals surface area contributed by atoms with Gasteiger partial charge in [-0.3, -0.25) is 0 Å². The summed E-state index contributed by atoms with van der Waals surface area (Å²) in [7, 11) is 4.57. The molecule has 0 spiro atoms. The molecule has 0 fully saturated rings. The Morgan fingerprint density at radius 1 is 0.690 bits per heavy atom. The maximum Gasteiger partial charge on any atom is 0.168 e. The van der Waals surface area contributed by atoms with Gasteiger partial charge in [0.05, 0.1) is 7.85 Å². The van der Waals surface area contributed by atoms with E-state index in [1.54, 1.807) is 0 Å². The molecule has 176 valence electrons. The van der Waals surface area contributed by atoms with Crippen LogP contribution in [0.25, 0.3) is 0 Å². The van der Waals surface area contributed by atoms with Crippen LogP contribution in [0.1, 0.15) is 124 Å². The predicted octanol–water partition coefficient (Wildman–Crippen LogP) is 8.83. The molecule has 4 heteroatoms. The first-order chi connectivity index (χ1) is 13.6. The monoisotopic (exact) mass is 430 g/mol. The molecule has 0 saturated carbocycles. The molecule has 2 nitrogen and oxygen atoms in total. The van der Waals surface area contributed by atoms with Crippen molar-refractivity contribution in [3.05, 3.63) is 0 Å². The largest absolute Gasteiger partial charge is 0.352 e. The summed E-state index contributed by atoms with van der Waals surface area (Å²) in [5.74, 6) is 1.18. The summed E-state index contributed by atoms with van der Waals surface area (Å²) in [4.78, 5) is 0. The molecule has 1 unspecified atom stereocenters. The van der Waals surface area contributed by atoms with Gasteiger partial charge in [-0.25, -0.2) is 0 Å². The van der Waals surface area contributed by atoms with Crippen molar-refractivity contribution in [3.63, 3.8) is 0 Å². The normalized spacial score (nSPS) is 13.2. The first-order valence-electron chi connectivity index (χ1n) is 12.3. The Bertz CT molecular complexity index is 313. The number of rotatable bonds is 22. The van der Waals surface area contributed by atoms with E-state index in [9.17, 15) is 0 Å². The molecule has 0 N–H and O–H groups in total. The summed E-state index contributed by atoms with van der Waals surface area (Å²) in [6.45, 7) is 5.40. The second kappa shape index (κ2) is 23.0. The highest BCUT2D eigenvalue weighted by atomic mass is 32.3. The zero-order chi connectivity index (χ0) is 20.9. The lowest BCUT2D eigenvalue weighted by Crippen LogP contribution is -2.21. The second-order valence-electron chi connectivity index (χ2n) is 8.71. The summed E-state index contributed by atoms with van der Waals surface area (Å²) < 4.78 is 12.8. The molecule has 0 aromatic rings. The van der Waals surface area contributed by atoms with Crippen LogP contribution < -0.4 is 0 Å². The van der Waals surface area contributed by atoms with E-state index in [0.717, 1.165) is 25.8 Å². The molecule has 2 radical (unpaired) electrons. The summed E-state index contributed by atoms with van der Waals surface area (Å²) in [6.07, 6.45) is 25.8. The second-order valence-corrected chi connectivity index (χ2v) is 12.2. The van der Waals surface area contributed by atoms with E-state index in [-0.39, 0.29) is 13.7 Å². The minimum Gasteiger partial charge on any atom is -0.352 e. The Morgan fingerprint density at radius 3 is 1.83 bits per heavy atom. The van der Waals surface area contributed by atoms with Crippen molar-refractivity contribution in [1.29, 1.82) is 0 Å². The first-order valence-corrected chi connectivity index (χ1v) is 14.8. The van der Waals surface area contributed by atoms with Gasteiger partial charge in [0, 0.05) is 6.61 Å². The smallest absolute Gasteiger partial charge is 0.168 e. The van der Waals surface area contributed by atoms with E-state index >= 15 is 0 Å². The molecular formula is C25H55BO2S. The Labute approximate surface area is 188 Å². The minimum atomic E-state index is -1.03. The third-order valence-electron chi connectivity index (χ3n) is 5.30. The van der Waals surface area contributed by atoms with Crippen LogP contribution in [0.4, 0.5) is 0 Å². The van der Waals surface area contributed by atoms with Crippen molar-refractivity contribution in [2.75, 3.05) is 24.9 Å². The van der Waals surface area contributed by atoms with Gasteiger partial charge in [-0.1, -0.05) is 105 Å². The Morgan fingerprint density at radius 2 is 1.21 bits per heavy atom. The lowest BCUT2D eigenvalue weighted by atomic mass is 9.99. The molecule has 0 bridgehead atoms. The number of ether oxygens (including phenoxy) is 1. The maximum atomic E-state index is 6.53. The molecule has 0 saturated heterocycles. The summed E-state index contributed by atoms with van der Waals surface area (Å²) >= 11 is 0. The van der Waals surface area contributed by atoms with Gasteiger partial charge in [-0.05, 0) is 43.9 Å². The quantitative estimate of drug-likeness (QED) is 0.0970. The van der Waals surface area contributed by atoms with Crippen LogP contribution in [0.15, 0.2) is 0 Å². The predicted molar refractivity (Wildman–Crippen MR) is 138 cm³/mol. The molecule has 0 rings (SSSR count). The molecule has 1 atom stereocenters. The Hall–Kier alpha value is 0.335. The van der Waals surface area contributed by atoms with E-state index in [0.29, 0.717) is 0 Å². The zero-order valence-corrected chi connectivity index (χ0v) is 20.6. The summed E-state index contributed by atoms with van der Waals surface area (Å²) in [5.41, 5.74) is 0.